The Balaban J connectivity index is 2.27. The van der Waals surface area contributed by atoms with E-state index in [4.69, 9.17) is 15.2 Å². The first-order chi connectivity index (χ1) is 12.4. The lowest BCUT2D eigenvalue weighted by atomic mass is 9.96. The molecule has 0 spiro atoms. The predicted molar refractivity (Wildman–Crippen MR) is 105 cm³/mol. The van der Waals surface area contributed by atoms with Crippen LogP contribution < -0.4 is 19.9 Å². The van der Waals surface area contributed by atoms with E-state index in [1.807, 2.05) is 30.3 Å². The number of nitrogens with two attached hydrogens (primary N) is 1. The molecule has 26 heavy (non-hydrogen) atoms. The van der Waals surface area contributed by atoms with Gasteiger partial charge in [0.1, 0.15) is 0 Å². The summed E-state index contributed by atoms with van der Waals surface area (Å²) in [5.74, 6) is 1.42. The van der Waals surface area contributed by atoms with Gasteiger partial charge in [0, 0.05) is 11.3 Å². The summed E-state index contributed by atoms with van der Waals surface area (Å²) < 4.78 is 36.3. The molecular formula is C19H26N2O4S. The number of sulfonamides is 1. The minimum absolute atomic E-state index is 0.552. The second-order valence-corrected chi connectivity index (χ2v) is 7.80. The number of benzene rings is 2. The Morgan fingerprint density at radius 2 is 1.81 bits per heavy atom. The first-order valence-corrected chi connectivity index (χ1v) is 10.3. The lowest BCUT2D eigenvalue weighted by Crippen LogP contribution is -2.10. The van der Waals surface area contributed by atoms with Crippen molar-refractivity contribution in [2.24, 2.45) is 5.73 Å². The van der Waals surface area contributed by atoms with Crippen LogP contribution in [0.15, 0.2) is 36.4 Å². The van der Waals surface area contributed by atoms with E-state index < -0.39 is 10.0 Å². The molecule has 2 aromatic rings. The van der Waals surface area contributed by atoms with E-state index in [0.717, 1.165) is 48.0 Å². The molecule has 0 aliphatic heterocycles. The predicted octanol–water partition coefficient (Wildman–Crippen LogP) is 2.36. The number of anilines is 1. The molecule has 6 nitrogen and oxygen atoms in total. The molecule has 0 radical (unpaired) electrons. The third kappa shape index (κ3) is 5.37. The molecule has 142 valence electrons. The van der Waals surface area contributed by atoms with Crippen molar-refractivity contribution < 1.29 is 17.9 Å². The first-order valence-electron chi connectivity index (χ1n) is 8.37. The highest BCUT2D eigenvalue weighted by atomic mass is 32.2. The lowest BCUT2D eigenvalue weighted by molar-refractivity contribution is 0.351. The largest absolute Gasteiger partial charge is 0.493 e. The highest BCUT2D eigenvalue weighted by molar-refractivity contribution is 7.92. The first kappa shape index (κ1) is 20.1. The lowest BCUT2D eigenvalue weighted by Gasteiger charge is -2.17. The van der Waals surface area contributed by atoms with Gasteiger partial charge in [0.2, 0.25) is 10.0 Å². The van der Waals surface area contributed by atoms with Gasteiger partial charge in [-0.15, -0.1) is 0 Å². The van der Waals surface area contributed by atoms with Gasteiger partial charge in [0.15, 0.2) is 11.5 Å². The summed E-state index contributed by atoms with van der Waals surface area (Å²) in [4.78, 5) is 0. The molecule has 2 rings (SSSR count). The summed E-state index contributed by atoms with van der Waals surface area (Å²) in [6, 6.07) is 11.3. The third-order valence-corrected chi connectivity index (χ3v) is 4.66. The molecule has 0 saturated carbocycles. The van der Waals surface area contributed by atoms with Crippen molar-refractivity contribution in [1.29, 1.82) is 0 Å². The van der Waals surface area contributed by atoms with E-state index in [2.05, 4.69) is 4.72 Å². The van der Waals surface area contributed by atoms with Gasteiger partial charge in [0.25, 0.3) is 0 Å². The van der Waals surface area contributed by atoms with Crippen LogP contribution in [0.2, 0.25) is 0 Å². The molecule has 0 bridgehead atoms. The average molecular weight is 378 g/mol. The summed E-state index contributed by atoms with van der Waals surface area (Å²) in [5, 5.41) is 0. The maximum absolute atomic E-state index is 11.4. The van der Waals surface area contributed by atoms with E-state index in [1.165, 1.54) is 0 Å². The number of aryl methyl sites for hydroxylation is 1. The molecule has 0 unspecified atom stereocenters. The molecule has 0 aliphatic rings. The molecule has 2 aromatic carbocycles. The van der Waals surface area contributed by atoms with Gasteiger partial charge in [-0.1, -0.05) is 18.2 Å². The van der Waals surface area contributed by atoms with Crippen molar-refractivity contribution in [3.8, 4) is 11.5 Å². The molecule has 0 aromatic heterocycles. The molecule has 0 aliphatic carbocycles. The number of nitrogens with one attached hydrogen (secondary N) is 1. The van der Waals surface area contributed by atoms with Crippen LogP contribution in [0.25, 0.3) is 0 Å². The Kier molecular flexibility index (Phi) is 6.88. The molecule has 0 fully saturated rings. The summed E-state index contributed by atoms with van der Waals surface area (Å²) in [5.41, 5.74) is 9.53. The molecule has 0 atom stereocenters. The van der Waals surface area contributed by atoms with Crippen LogP contribution in [0, 0.1) is 0 Å². The second-order valence-electron chi connectivity index (χ2n) is 6.05. The fourth-order valence-electron chi connectivity index (χ4n) is 2.97. The molecule has 3 N–H and O–H groups in total. The van der Waals surface area contributed by atoms with Gasteiger partial charge in [-0.25, -0.2) is 8.42 Å². The van der Waals surface area contributed by atoms with Crippen LogP contribution in [-0.2, 0) is 29.3 Å². The average Bonchev–Trinajstić information content (AvgIpc) is 2.59. The SMILES string of the molecule is COc1ccc(CCN)c(CCc2cccc(NS(C)(=O)=O)c2)c1OC. The van der Waals surface area contributed by atoms with E-state index in [1.54, 1.807) is 20.3 Å². The maximum Gasteiger partial charge on any atom is 0.229 e. The van der Waals surface area contributed by atoms with Crippen LogP contribution in [0.1, 0.15) is 16.7 Å². The van der Waals surface area contributed by atoms with Crippen LogP contribution >= 0.6 is 0 Å². The van der Waals surface area contributed by atoms with Gasteiger partial charge in [-0.2, -0.15) is 0 Å². The van der Waals surface area contributed by atoms with Gasteiger partial charge in [-0.3, -0.25) is 4.72 Å². The normalized spacial score (nSPS) is 11.2. The number of ether oxygens (including phenoxy) is 2. The second kappa shape index (κ2) is 8.91. The van der Waals surface area contributed by atoms with Crippen LogP contribution in [0.4, 0.5) is 5.69 Å². The molecular weight excluding hydrogens is 352 g/mol. The van der Waals surface area contributed by atoms with Crippen molar-refractivity contribution in [3.63, 3.8) is 0 Å². The molecule has 0 saturated heterocycles. The van der Waals surface area contributed by atoms with Gasteiger partial charge in [0.05, 0.1) is 20.5 Å². The quantitative estimate of drug-likeness (QED) is 0.699. The Hall–Kier alpha value is -2.25. The number of hydrogen-bond acceptors (Lipinski definition) is 5. The minimum atomic E-state index is -3.30. The van der Waals surface area contributed by atoms with Crippen LogP contribution in [-0.4, -0.2) is 35.4 Å². The van der Waals surface area contributed by atoms with Crippen molar-refractivity contribution >= 4 is 15.7 Å². The van der Waals surface area contributed by atoms with E-state index in [9.17, 15) is 8.42 Å². The molecule has 7 heteroatoms. The Labute approximate surface area is 155 Å². The van der Waals surface area contributed by atoms with E-state index in [-0.39, 0.29) is 0 Å². The Morgan fingerprint density at radius 3 is 2.42 bits per heavy atom. The fraction of sp³-hybridized carbons (Fsp3) is 0.368. The summed E-state index contributed by atoms with van der Waals surface area (Å²) in [6.45, 7) is 0.552. The van der Waals surface area contributed by atoms with Gasteiger partial charge < -0.3 is 15.2 Å². The highest BCUT2D eigenvalue weighted by Gasteiger charge is 2.15. The smallest absolute Gasteiger partial charge is 0.229 e. The Bertz CT molecular complexity index is 851. The fourth-order valence-corrected chi connectivity index (χ4v) is 3.52. The zero-order chi connectivity index (χ0) is 19.2. The molecule has 0 heterocycles. The van der Waals surface area contributed by atoms with Crippen LogP contribution in [0.3, 0.4) is 0 Å². The maximum atomic E-state index is 11.4. The number of methoxy groups -OCH3 is 2. The van der Waals surface area contributed by atoms with Crippen molar-refractivity contribution in [1.82, 2.24) is 0 Å². The van der Waals surface area contributed by atoms with Crippen molar-refractivity contribution in [2.75, 3.05) is 31.7 Å². The van der Waals surface area contributed by atoms with Crippen molar-refractivity contribution in [2.45, 2.75) is 19.3 Å². The zero-order valence-electron chi connectivity index (χ0n) is 15.4. The van der Waals surface area contributed by atoms with Crippen LogP contribution in [0.5, 0.6) is 11.5 Å². The summed E-state index contributed by atoms with van der Waals surface area (Å²) >= 11 is 0. The topological polar surface area (TPSA) is 90.6 Å². The van der Waals surface area contributed by atoms with E-state index >= 15 is 0 Å². The summed E-state index contributed by atoms with van der Waals surface area (Å²) in [7, 11) is -0.0504. The van der Waals surface area contributed by atoms with E-state index in [0.29, 0.717) is 18.0 Å². The number of rotatable bonds is 9. The zero-order valence-corrected chi connectivity index (χ0v) is 16.2. The van der Waals surface area contributed by atoms with Gasteiger partial charge in [-0.05, 0) is 55.1 Å². The standard InChI is InChI=1S/C19H26N2O4S/c1-24-18-10-8-15(11-12-20)17(19(18)25-2)9-7-14-5-4-6-16(13-14)21-26(3,22)23/h4-6,8,10,13,21H,7,9,11-12,20H2,1-3H3. The Morgan fingerprint density at radius 1 is 1.04 bits per heavy atom. The van der Waals surface area contributed by atoms with Gasteiger partial charge >= 0.3 is 0 Å². The minimum Gasteiger partial charge on any atom is -0.493 e. The monoisotopic (exact) mass is 378 g/mol. The summed E-state index contributed by atoms with van der Waals surface area (Å²) in [6.07, 6.45) is 3.36. The third-order valence-electron chi connectivity index (χ3n) is 4.05. The highest BCUT2D eigenvalue weighted by Crippen LogP contribution is 2.34. The number of hydrogen-bond donors (Lipinski definition) is 2. The molecule has 0 amide bonds. The van der Waals surface area contributed by atoms with Crippen molar-refractivity contribution in [3.05, 3.63) is 53.1 Å².